The van der Waals surface area contributed by atoms with Gasteiger partial charge in [-0.1, -0.05) is 12.1 Å². The van der Waals surface area contributed by atoms with E-state index in [0.717, 1.165) is 24.1 Å². The molecule has 0 saturated carbocycles. The lowest BCUT2D eigenvalue weighted by molar-refractivity contribution is -0.131. The fraction of sp³-hybridized carbons (Fsp3) is 0.364. The Kier molecular flexibility index (Phi) is 5.15. The number of amides is 1. The minimum Gasteiger partial charge on any atom is -0.503 e. The van der Waals surface area contributed by atoms with Crippen molar-refractivity contribution in [1.82, 2.24) is 4.90 Å². The van der Waals surface area contributed by atoms with Gasteiger partial charge in [-0.05, 0) is 42.7 Å². The molecule has 0 bridgehead atoms. The lowest BCUT2D eigenvalue weighted by Gasteiger charge is -2.29. The molecule has 7 nitrogen and oxygen atoms in total. The molecule has 7 heteroatoms. The Hall–Kier alpha value is -3.06. The molecule has 2 atom stereocenters. The summed E-state index contributed by atoms with van der Waals surface area (Å²) in [6.45, 7) is 0.977. The zero-order valence-electron chi connectivity index (χ0n) is 16.5. The smallest absolute Gasteiger partial charge is 0.290 e. The lowest BCUT2D eigenvalue weighted by Crippen LogP contribution is -2.37. The van der Waals surface area contributed by atoms with Crippen LogP contribution in [0.5, 0.6) is 0 Å². The number of hydrogen-bond donors (Lipinski definition) is 1. The maximum atomic E-state index is 13.1. The monoisotopic (exact) mass is 396 g/mol. The number of nitrogens with zero attached hydrogens (tertiary/aromatic N) is 2. The van der Waals surface area contributed by atoms with Crippen LogP contribution in [0.25, 0.3) is 0 Å². The number of Topliss-reactive ketones (excluding diaryl/α,β-unsaturated/α-hetero) is 1. The number of ketones is 1. The van der Waals surface area contributed by atoms with E-state index in [1.54, 1.807) is 6.07 Å². The molecule has 152 valence electrons. The summed E-state index contributed by atoms with van der Waals surface area (Å²) in [5.41, 5.74) is 1.79. The molecule has 0 radical (unpaired) electrons. The molecule has 0 spiro atoms. The second-order valence-electron chi connectivity index (χ2n) is 7.55. The van der Waals surface area contributed by atoms with Crippen molar-refractivity contribution >= 4 is 17.4 Å². The first-order chi connectivity index (χ1) is 14.0. The number of aliphatic hydroxyl groups excluding tert-OH is 1. The largest absolute Gasteiger partial charge is 0.503 e. The molecule has 1 saturated heterocycles. The Balaban J connectivity index is 1.74. The van der Waals surface area contributed by atoms with Crippen molar-refractivity contribution < 1.29 is 23.8 Å². The van der Waals surface area contributed by atoms with Crippen LogP contribution in [0.3, 0.4) is 0 Å². The Bertz CT molecular complexity index is 925. The molecule has 1 amide bonds. The number of ether oxygens (including phenoxy) is 1. The number of carbonyl (C=O) groups is 2. The quantitative estimate of drug-likeness (QED) is 0.756. The number of furan rings is 1. The van der Waals surface area contributed by atoms with Gasteiger partial charge in [0.2, 0.25) is 5.78 Å². The van der Waals surface area contributed by atoms with Gasteiger partial charge in [-0.3, -0.25) is 9.59 Å². The van der Waals surface area contributed by atoms with E-state index >= 15 is 0 Å². The van der Waals surface area contributed by atoms with Crippen LogP contribution in [0.2, 0.25) is 0 Å². The molecule has 0 unspecified atom stereocenters. The van der Waals surface area contributed by atoms with Crippen LogP contribution in [0.4, 0.5) is 5.69 Å². The Morgan fingerprint density at radius 3 is 2.59 bits per heavy atom. The number of benzene rings is 1. The number of rotatable bonds is 6. The average Bonchev–Trinajstić information content (AvgIpc) is 3.46. The van der Waals surface area contributed by atoms with Gasteiger partial charge in [0.25, 0.3) is 5.91 Å². The van der Waals surface area contributed by atoms with Gasteiger partial charge in [0, 0.05) is 32.9 Å². The third-order valence-corrected chi connectivity index (χ3v) is 5.44. The van der Waals surface area contributed by atoms with Crippen molar-refractivity contribution in [1.29, 1.82) is 0 Å². The SMILES string of the molecule is CN(C)c1ccc([C@@H]2C(C(=O)c3ccco3)=C(O)C(=O)N2C[C@@H]2CCCO2)cc1. The predicted octanol–water partition coefficient (Wildman–Crippen LogP) is 3.10. The normalized spacial score (nSPS) is 21.9. The van der Waals surface area contributed by atoms with Gasteiger partial charge in [0.05, 0.1) is 24.0 Å². The van der Waals surface area contributed by atoms with E-state index in [9.17, 15) is 14.7 Å². The van der Waals surface area contributed by atoms with Crippen LogP contribution in [0.15, 0.2) is 58.4 Å². The van der Waals surface area contributed by atoms with Gasteiger partial charge in [-0.15, -0.1) is 0 Å². The van der Waals surface area contributed by atoms with Crippen LogP contribution in [-0.2, 0) is 9.53 Å². The molecule has 29 heavy (non-hydrogen) atoms. The van der Waals surface area contributed by atoms with Gasteiger partial charge >= 0.3 is 0 Å². The van der Waals surface area contributed by atoms with Crippen LogP contribution in [-0.4, -0.2) is 55.0 Å². The van der Waals surface area contributed by atoms with Crippen molar-refractivity contribution in [3.8, 4) is 0 Å². The first kappa shape index (κ1) is 19.3. The van der Waals surface area contributed by atoms with E-state index in [1.165, 1.54) is 17.2 Å². The highest BCUT2D eigenvalue weighted by Crippen LogP contribution is 2.40. The van der Waals surface area contributed by atoms with Gasteiger partial charge < -0.3 is 24.1 Å². The second kappa shape index (κ2) is 7.75. The predicted molar refractivity (Wildman–Crippen MR) is 107 cm³/mol. The lowest BCUT2D eigenvalue weighted by atomic mass is 9.94. The minimum atomic E-state index is -0.694. The molecule has 1 N–H and O–H groups in total. The zero-order valence-corrected chi connectivity index (χ0v) is 16.5. The molecule has 0 aliphatic carbocycles. The molecule has 3 heterocycles. The average molecular weight is 396 g/mol. The highest BCUT2D eigenvalue weighted by Gasteiger charge is 2.45. The Morgan fingerprint density at radius 1 is 1.24 bits per heavy atom. The van der Waals surface area contributed by atoms with E-state index in [4.69, 9.17) is 9.15 Å². The van der Waals surface area contributed by atoms with Crippen LogP contribution in [0, 0.1) is 0 Å². The maximum absolute atomic E-state index is 13.1. The maximum Gasteiger partial charge on any atom is 0.290 e. The molecule has 2 aliphatic rings. The summed E-state index contributed by atoms with van der Waals surface area (Å²) in [5, 5.41) is 10.6. The van der Waals surface area contributed by atoms with Crippen molar-refractivity contribution in [2.24, 2.45) is 0 Å². The van der Waals surface area contributed by atoms with Crippen molar-refractivity contribution in [3.63, 3.8) is 0 Å². The van der Waals surface area contributed by atoms with Gasteiger partial charge in [-0.25, -0.2) is 0 Å². The van der Waals surface area contributed by atoms with Gasteiger partial charge in [0.1, 0.15) is 0 Å². The summed E-state index contributed by atoms with van der Waals surface area (Å²) in [6, 6.07) is 10.0. The van der Waals surface area contributed by atoms with Crippen molar-refractivity contribution in [3.05, 3.63) is 65.3 Å². The van der Waals surface area contributed by atoms with Crippen molar-refractivity contribution in [2.75, 3.05) is 32.1 Å². The molecule has 4 rings (SSSR count). The Morgan fingerprint density at radius 2 is 2.00 bits per heavy atom. The highest BCUT2D eigenvalue weighted by molar-refractivity contribution is 6.15. The number of carbonyl (C=O) groups excluding carboxylic acids is 2. The molecular weight excluding hydrogens is 372 g/mol. The van der Waals surface area contributed by atoms with Gasteiger partial charge in [-0.2, -0.15) is 0 Å². The first-order valence-corrected chi connectivity index (χ1v) is 9.68. The Labute approximate surface area is 169 Å². The molecule has 1 aromatic carbocycles. The fourth-order valence-corrected chi connectivity index (χ4v) is 3.92. The van der Waals surface area contributed by atoms with Gasteiger partial charge in [0.15, 0.2) is 11.5 Å². The molecule has 2 aromatic rings. The number of anilines is 1. The molecular formula is C22H24N2O5. The van der Waals surface area contributed by atoms with E-state index in [-0.39, 0.29) is 17.4 Å². The highest BCUT2D eigenvalue weighted by atomic mass is 16.5. The van der Waals surface area contributed by atoms with Crippen LogP contribution < -0.4 is 4.90 Å². The number of hydrogen-bond acceptors (Lipinski definition) is 6. The first-order valence-electron chi connectivity index (χ1n) is 9.68. The molecule has 1 fully saturated rings. The standard InChI is InChI=1S/C22H24N2O5/c1-23(2)15-9-7-14(8-10-15)19-18(20(25)17-6-4-12-29-17)21(26)22(27)24(19)13-16-5-3-11-28-16/h4,6-10,12,16,19,26H,3,5,11,13H2,1-2H3/t16-,19+/m0/s1. The van der Waals surface area contributed by atoms with Crippen LogP contribution in [0.1, 0.15) is 35.0 Å². The minimum absolute atomic E-state index is 0.0422. The van der Waals surface area contributed by atoms with E-state index < -0.39 is 23.5 Å². The number of aliphatic hydroxyl groups is 1. The van der Waals surface area contributed by atoms with E-state index in [1.807, 2.05) is 43.3 Å². The summed E-state index contributed by atoms with van der Waals surface area (Å²) in [5.74, 6) is -1.48. The second-order valence-corrected chi connectivity index (χ2v) is 7.55. The third-order valence-electron chi connectivity index (χ3n) is 5.44. The summed E-state index contributed by atoms with van der Waals surface area (Å²) in [7, 11) is 3.88. The van der Waals surface area contributed by atoms with Crippen molar-refractivity contribution in [2.45, 2.75) is 25.0 Å². The fourth-order valence-electron chi connectivity index (χ4n) is 3.92. The molecule has 2 aliphatic heterocycles. The summed E-state index contributed by atoms with van der Waals surface area (Å²) in [6.07, 6.45) is 3.07. The molecule has 1 aromatic heterocycles. The summed E-state index contributed by atoms with van der Waals surface area (Å²) < 4.78 is 10.9. The van der Waals surface area contributed by atoms with E-state index in [0.29, 0.717) is 13.2 Å². The summed E-state index contributed by atoms with van der Waals surface area (Å²) >= 11 is 0. The van der Waals surface area contributed by atoms with E-state index in [2.05, 4.69) is 0 Å². The zero-order chi connectivity index (χ0) is 20.5. The van der Waals surface area contributed by atoms with Crippen LogP contribution >= 0.6 is 0 Å². The summed E-state index contributed by atoms with van der Waals surface area (Å²) in [4.78, 5) is 29.5. The third kappa shape index (κ3) is 3.53. The topological polar surface area (TPSA) is 83.2 Å².